The van der Waals surface area contributed by atoms with Gasteiger partial charge >= 0.3 is 0 Å². The normalized spacial score (nSPS) is 10.8. The number of allylic oxidation sites excluding steroid dienone is 1. The van der Waals surface area contributed by atoms with E-state index in [2.05, 4.69) is 0 Å². The molecule has 0 heterocycles. The van der Waals surface area contributed by atoms with Crippen molar-refractivity contribution in [1.29, 1.82) is 0 Å². The summed E-state index contributed by atoms with van der Waals surface area (Å²) in [6, 6.07) is 6.86. The van der Waals surface area contributed by atoms with E-state index >= 15 is 0 Å². The van der Waals surface area contributed by atoms with Gasteiger partial charge in [0, 0.05) is 5.56 Å². The number of halogens is 2. The Balaban J connectivity index is 2.28. The number of carbonyl (C=O) groups excluding carboxylic acids is 1. The lowest BCUT2D eigenvalue weighted by Crippen LogP contribution is -1.95. The number of ether oxygens (including phenoxy) is 2. The van der Waals surface area contributed by atoms with Crippen molar-refractivity contribution in [3.8, 4) is 17.2 Å². The van der Waals surface area contributed by atoms with Gasteiger partial charge in [-0.25, -0.2) is 4.39 Å². The molecule has 6 heteroatoms. The third kappa shape index (κ3) is 3.81. The summed E-state index contributed by atoms with van der Waals surface area (Å²) in [7, 11) is 2.82. The molecular weight excluding hydrogens is 323 g/mol. The highest BCUT2D eigenvalue weighted by molar-refractivity contribution is 6.31. The molecule has 0 bridgehead atoms. The monoisotopic (exact) mass is 336 g/mol. The lowest BCUT2D eigenvalue weighted by Gasteiger charge is -2.09. The van der Waals surface area contributed by atoms with E-state index < -0.39 is 5.82 Å². The Kier molecular flexibility index (Phi) is 5.24. The molecule has 0 aliphatic rings. The standard InChI is InChI=1S/C17H14ClFO4/c1-22-15-7-10(8-16(23-2)17(15)21)3-6-14(20)11-4-5-13(19)12(18)9-11/h3-9,21H,1-2H3. The molecule has 120 valence electrons. The second-order valence-corrected chi connectivity index (χ2v) is 5.01. The first-order valence-electron chi connectivity index (χ1n) is 6.58. The van der Waals surface area contributed by atoms with E-state index in [1.165, 1.54) is 38.5 Å². The first-order chi connectivity index (χ1) is 11.0. The smallest absolute Gasteiger partial charge is 0.200 e. The van der Waals surface area contributed by atoms with Crippen molar-refractivity contribution in [2.24, 2.45) is 0 Å². The minimum absolute atomic E-state index is 0.114. The van der Waals surface area contributed by atoms with E-state index in [-0.39, 0.29) is 33.6 Å². The number of rotatable bonds is 5. The number of ketones is 1. The van der Waals surface area contributed by atoms with Crippen molar-refractivity contribution in [3.63, 3.8) is 0 Å². The molecule has 0 aliphatic heterocycles. The number of hydrogen-bond acceptors (Lipinski definition) is 4. The lowest BCUT2D eigenvalue weighted by atomic mass is 10.1. The second kappa shape index (κ2) is 7.15. The molecule has 0 fully saturated rings. The van der Waals surface area contributed by atoms with Crippen molar-refractivity contribution >= 4 is 23.5 Å². The molecule has 0 atom stereocenters. The van der Waals surface area contributed by atoms with Crippen LogP contribution in [0.4, 0.5) is 4.39 Å². The summed E-state index contributed by atoms with van der Waals surface area (Å²) in [5.41, 5.74) is 0.864. The van der Waals surface area contributed by atoms with Crippen molar-refractivity contribution < 1.29 is 23.8 Å². The highest BCUT2D eigenvalue weighted by Gasteiger charge is 2.11. The van der Waals surface area contributed by atoms with Crippen LogP contribution in [0.25, 0.3) is 6.08 Å². The quantitative estimate of drug-likeness (QED) is 0.659. The van der Waals surface area contributed by atoms with Crippen molar-refractivity contribution in [1.82, 2.24) is 0 Å². The van der Waals surface area contributed by atoms with Crippen molar-refractivity contribution in [2.45, 2.75) is 0 Å². The lowest BCUT2D eigenvalue weighted by molar-refractivity contribution is 0.104. The van der Waals surface area contributed by atoms with Crippen LogP contribution in [0.15, 0.2) is 36.4 Å². The van der Waals surface area contributed by atoms with E-state index in [0.717, 1.165) is 6.07 Å². The van der Waals surface area contributed by atoms with Gasteiger partial charge in [0.2, 0.25) is 5.75 Å². The van der Waals surface area contributed by atoms with Crippen molar-refractivity contribution in [3.05, 3.63) is 58.4 Å². The molecule has 2 rings (SSSR count). The SMILES string of the molecule is COc1cc(C=CC(=O)c2ccc(F)c(Cl)c2)cc(OC)c1O. The van der Waals surface area contributed by atoms with Gasteiger partial charge in [-0.3, -0.25) is 4.79 Å². The fourth-order valence-electron chi connectivity index (χ4n) is 1.93. The summed E-state index contributed by atoms with van der Waals surface area (Å²) in [4.78, 5) is 12.1. The molecule has 1 N–H and O–H groups in total. The fourth-order valence-corrected chi connectivity index (χ4v) is 2.11. The zero-order valence-electron chi connectivity index (χ0n) is 12.5. The number of benzene rings is 2. The Morgan fingerprint density at radius 3 is 2.30 bits per heavy atom. The topological polar surface area (TPSA) is 55.8 Å². The van der Waals surface area contributed by atoms with Gasteiger partial charge in [0.15, 0.2) is 17.3 Å². The summed E-state index contributed by atoms with van der Waals surface area (Å²) in [6.07, 6.45) is 2.85. The summed E-state index contributed by atoms with van der Waals surface area (Å²) in [5, 5.41) is 9.72. The molecular formula is C17H14ClFO4. The Morgan fingerprint density at radius 1 is 1.17 bits per heavy atom. The van der Waals surface area contributed by atoms with Gasteiger partial charge in [0.05, 0.1) is 19.2 Å². The molecule has 0 saturated carbocycles. The van der Waals surface area contributed by atoms with Gasteiger partial charge in [-0.2, -0.15) is 0 Å². The Bertz CT molecular complexity index is 746. The number of hydrogen-bond donors (Lipinski definition) is 1. The van der Waals surface area contributed by atoms with Crippen LogP contribution >= 0.6 is 11.6 Å². The molecule has 23 heavy (non-hydrogen) atoms. The second-order valence-electron chi connectivity index (χ2n) is 4.60. The van der Waals surface area contributed by atoms with Gasteiger partial charge in [0.1, 0.15) is 5.82 Å². The number of phenols is 1. The molecule has 2 aromatic rings. The minimum Gasteiger partial charge on any atom is -0.502 e. The zero-order chi connectivity index (χ0) is 17.0. The summed E-state index contributed by atoms with van der Waals surface area (Å²) in [6.45, 7) is 0. The molecule has 0 aliphatic carbocycles. The average molecular weight is 337 g/mol. The summed E-state index contributed by atoms with van der Waals surface area (Å²) < 4.78 is 23.2. The van der Waals surface area contributed by atoms with Crippen LogP contribution in [0, 0.1) is 5.82 Å². The number of phenolic OH excluding ortho intramolecular Hbond substituents is 1. The molecule has 0 amide bonds. The Morgan fingerprint density at radius 2 is 1.78 bits per heavy atom. The molecule has 0 spiro atoms. The fraction of sp³-hybridized carbons (Fsp3) is 0.118. The molecule has 4 nitrogen and oxygen atoms in total. The van der Waals surface area contributed by atoms with Gasteiger partial charge in [0.25, 0.3) is 0 Å². The van der Waals surface area contributed by atoms with Crippen molar-refractivity contribution in [2.75, 3.05) is 14.2 Å². The molecule has 0 saturated heterocycles. The van der Waals surface area contributed by atoms with Crippen LogP contribution in [0.2, 0.25) is 5.02 Å². The van der Waals surface area contributed by atoms with Gasteiger partial charge in [-0.15, -0.1) is 0 Å². The average Bonchev–Trinajstić information content (AvgIpc) is 2.55. The van der Waals surface area contributed by atoms with Gasteiger partial charge < -0.3 is 14.6 Å². The molecule has 0 radical (unpaired) electrons. The predicted molar refractivity (Wildman–Crippen MR) is 86.0 cm³/mol. The minimum atomic E-state index is -0.583. The third-order valence-electron chi connectivity index (χ3n) is 3.13. The largest absolute Gasteiger partial charge is 0.502 e. The number of methoxy groups -OCH3 is 2. The maximum atomic E-state index is 13.1. The van der Waals surface area contributed by atoms with Gasteiger partial charge in [-0.05, 0) is 42.0 Å². The van der Waals surface area contributed by atoms with Crippen LogP contribution in [-0.4, -0.2) is 25.1 Å². The van der Waals surface area contributed by atoms with Crippen LogP contribution in [0.5, 0.6) is 17.2 Å². The Labute approximate surface area is 137 Å². The predicted octanol–water partition coefficient (Wildman–Crippen LogP) is 4.10. The first kappa shape index (κ1) is 16.8. The van der Waals surface area contributed by atoms with E-state index in [1.807, 2.05) is 0 Å². The van der Waals surface area contributed by atoms with Crippen LogP contribution in [0.3, 0.4) is 0 Å². The molecule has 0 unspecified atom stereocenters. The molecule has 0 aromatic heterocycles. The summed E-state index contributed by atoms with van der Waals surface area (Å²) in [5.74, 6) is -0.593. The van der Waals surface area contributed by atoms with Crippen LogP contribution in [0.1, 0.15) is 15.9 Å². The molecule has 2 aromatic carbocycles. The van der Waals surface area contributed by atoms with E-state index in [0.29, 0.717) is 5.56 Å². The van der Waals surface area contributed by atoms with E-state index in [9.17, 15) is 14.3 Å². The maximum absolute atomic E-state index is 13.1. The zero-order valence-corrected chi connectivity index (χ0v) is 13.2. The number of carbonyl (C=O) groups is 1. The highest BCUT2D eigenvalue weighted by atomic mass is 35.5. The van der Waals surface area contributed by atoms with Crippen LogP contribution < -0.4 is 9.47 Å². The highest BCUT2D eigenvalue weighted by Crippen LogP contribution is 2.37. The van der Waals surface area contributed by atoms with E-state index in [1.54, 1.807) is 12.1 Å². The first-order valence-corrected chi connectivity index (χ1v) is 6.96. The Hall–Kier alpha value is -2.53. The number of aromatic hydroxyl groups is 1. The summed E-state index contributed by atoms with van der Waals surface area (Å²) >= 11 is 5.66. The third-order valence-corrected chi connectivity index (χ3v) is 3.42. The van der Waals surface area contributed by atoms with Crippen LogP contribution in [-0.2, 0) is 0 Å². The maximum Gasteiger partial charge on any atom is 0.200 e. The van der Waals surface area contributed by atoms with Gasteiger partial charge in [-0.1, -0.05) is 17.7 Å². The van der Waals surface area contributed by atoms with E-state index in [4.69, 9.17) is 21.1 Å².